The number of hydrogen-bond donors (Lipinski definition) is 2. The van der Waals surface area contributed by atoms with Gasteiger partial charge in [-0.3, -0.25) is 0 Å². The summed E-state index contributed by atoms with van der Waals surface area (Å²) in [7, 11) is -3.25. The van der Waals surface area contributed by atoms with E-state index in [0.29, 0.717) is 31.2 Å². The zero-order chi connectivity index (χ0) is 15.6. The van der Waals surface area contributed by atoms with E-state index in [0.717, 1.165) is 22.9 Å². The molecule has 120 valence electrons. The Hall–Kier alpha value is -1.08. The van der Waals surface area contributed by atoms with Crippen LogP contribution in [0.1, 0.15) is 12.0 Å². The molecule has 0 saturated carbocycles. The van der Waals surface area contributed by atoms with Crippen LogP contribution in [0.2, 0.25) is 5.02 Å². The predicted octanol–water partition coefficient (Wildman–Crippen LogP) is 2.32. The highest BCUT2D eigenvalue weighted by Crippen LogP contribution is 2.22. The maximum absolute atomic E-state index is 12.0. The van der Waals surface area contributed by atoms with E-state index in [9.17, 15) is 8.42 Å². The highest BCUT2D eigenvalue weighted by atomic mass is 35.5. The van der Waals surface area contributed by atoms with Crippen LogP contribution in [-0.2, 0) is 21.2 Å². The van der Waals surface area contributed by atoms with Crippen LogP contribution in [0.5, 0.6) is 0 Å². The van der Waals surface area contributed by atoms with Gasteiger partial charge < -0.3 is 9.72 Å². The Morgan fingerprint density at radius 2 is 2.27 bits per heavy atom. The summed E-state index contributed by atoms with van der Waals surface area (Å²) in [5, 5.41) is 1.71. The highest BCUT2D eigenvalue weighted by Gasteiger charge is 2.22. The van der Waals surface area contributed by atoms with Gasteiger partial charge in [0.05, 0.1) is 12.4 Å². The lowest BCUT2D eigenvalue weighted by Crippen LogP contribution is -2.31. The molecule has 0 spiro atoms. The van der Waals surface area contributed by atoms with Gasteiger partial charge in [0.25, 0.3) is 0 Å². The van der Waals surface area contributed by atoms with Crippen molar-refractivity contribution in [1.29, 1.82) is 0 Å². The zero-order valence-corrected chi connectivity index (χ0v) is 13.7. The second kappa shape index (κ2) is 6.58. The maximum atomic E-state index is 12.0. The SMILES string of the molecule is O=S(=O)(C[C@@H]1CCOC1)NCCc1c[nH]c2ccc(Cl)cc12. The fourth-order valence-corrected chi connectivity index (χ4v) is 4.37. The average Bonchev–Trinajstić information content (AvgIpc) is 3.08. The first-order chi connectivity index (χ1) is 10.5. The van der Waals surface area contributed by atoms with E-state index >= 15 is 0 Å². The van der Waals surface area contributed by atoms with Crippen molar-refractivity contribution >= 4 is 32.5 Å². The summed E-state index contributed by atoms with van der Waals surface area (Å²) in [6.07, 6.45) is 3.35. The molecule has 3 rings (SSSR count). The van der Waals surface area contributed by atoms with Gasteiger partial charge in [-0.1, -0.05) is 11.6 Å². The van der Waals surface area contributed by atoms with Gasteiger partial charge in [-0.25, -0.2) is 13.1 Å². The number of benzene rings is 1. The van der Waals surface area contributed by atoms with Gasteiger partial charge in [0.15, 0.2) is 0 Å². The van der Waals surface area contributed by atoms with Gasteiger partial charge in [0, 0.05) is 35.3 Å². The fourth-order valence-electron chi connectivity index (χ4n) is 2.78. The number of H-pyrrole nitrogens is 1. The van der Waals surface area contributed by atoms with Crippen molar-refractivity contribution in [2.75, 3.05) is 25.5 Å². The molecular formula is C15H19ClN2O3S. The Morgan fingerprint density at radius 3 is 3.05 bits per heavy atom. The first-order valence-corrected chi connectivity index (χ1v) is 9.37. The van der Waals surface area contributed by atoms with Crippen LogP contribution in [0.15, 0.2) is 24.4 Å². The molecule has 0 bridgehead atoms. The molecule has 0 aliphatic carbocycles. The van der Waals surface area contributed by atoms with E-state index in [1.165, 1.54) is 0 Å². The van der Waals surface area contributed by atoms with Crippen molar-refractivity contribution < 1.29 is 13.2 Å². The largest absolute Gasteiger partial charge is 0.381 e. The number of halogens is 1. The summed E-state index contributed by atoms with van der Waals surface area (Å²) in [5.74, 6) is 0.261. The van der Waals surface area contributed by atoms with E-state index in [1.807, 2.05) is 24.4 Å². The Kier molecular flexibility index (Phi) is 4.73. The third-order valence-electron chi connectivity index (χ3n) is 3.92. The monoisotopic (exact) mass is 342 g/mol. The van der Waals surface area contributed by atoms with E-state index < -0.39 is 10.0 Å². The van der Waals surface area contributed by atoms with Crippen molar-refractivity contribution in [2.24, 2.45) is 5.92 Å². The highest BCUT2D eigenvalue weighted by molar-refractivity contribution is 7.89. The number of hydrogen-bond acceptors (Lipinski definition) is 3. The van der Waals surface area contributed by atoms with Crippen LogP contribution in [0.4, 0.5) is 0 Å². The molecule has 2 heterocycles. The molecule has 7 heteroatoms. The molecule has 1 aliphatic rings. The molecule has 5 nitrogen and oxygen atoms in total. The molecule has 1 aromatic heterocycles. The quantitative estimate of drug-likeness (QED) is 0.846. The molecular weight excluding hydrogens is 324 g/mol. The van der Waals surface area contributed by atoms with Gasteiger partial charge in [-0.15, -0.1) is 0 Å². The van der Waals surface area contributed by atoms with Gasteiger partial charge in [0.2, 0.25) is 10.0 Å². The van der Waals surface area contributed by atoms with Gasteiger partial charge in [0.1, 0.15) is 0 Å². The molecule has 0 unspecified atom stereocenters. The summed E-state index contributed by atoms with van der Waals surface area (Å²) in [4.78, 5) is 3.17. The average molecular weight is 343 g/mol. The van der Waals surface area contributed by atoms with Gasteiger partial charge >= 0.3 is 0 Å². The second-order valence-electron chi connectivity index (χ2n) is 5.66. The minimum Gasteiger partial charge on any atom is -0.381 e. The lowest BCUT2D eigenvalue weighted by atomic mass is 10.1. The van der Waals surface area contributed by atoms with Crippen LogP contribution in [0, 0.1) is 5.92 Å². The molecule has 2 aromatic rings. The van der Waals surface area contributed by atoms with Crippen molar-refractivity contribution in [3.8, 4) is 0 Å². The number of fused-ring (bicyclic) bond motifs is 1. The molecule has 1 saturated heterocycles. The third-order valence-corrected chi connectivity index (χ3v) is 5.71. The van der Waals surface area contributed by atoms with E-state index in [4.69, 9.17) is 16.3 Å². The number of aromatic nitrogens is 1. The Bertz CT molecular complexity index is 751. The Balaban J connectivity index is 1.58. The molecule has 2 N–H and O–H groups in total. The summed E-state index contributed by atoms with van der Waals surface area (Å²) >= 11 is 6.01. The summed E-state index contributed by atoms with van der Waals surface area (Å²) in [6, 6.07) is 5.65. The normalized spacial score (nSPS) is 19.0. The topological polar surface area (TPSA) is 71.2 Å². The second-order valence-corrected chi connectivity index (χ2v) is 7.95. The molecule has 1 fully saturated rings. The van der Waals surface area contributed by atoms with Gasteiger partial charge in [-0.2, -0.15) is 0 Å². The third kappa shape index (κ3) is 3.81. The summed E-state index contributed by atoms with van der Waals surface area (Å²) in [5.41, 5.74) is 2.06. The number of rotatable bonds is 6. The van der Waals surface area contributed by atoms with Crippen LogP contribution in [-0.4, -0.2) is 38.9 Å². The molecule has 22 heavy (non-hydrogen) atoms. The minimum absolute atomic E-state index is 0.115. The van der Waals surface area contributed by atoms with E-state index in [1.54, 1.807) is 0 Å². The van der Waals surface area contributed by atoms with Crippen LogP contribution in [0.25, 0.3) is 10.9 Å². The maximum Gasteiger partial charge on any atom is 0.211 e. The first-order valence-electron chi connectivity index (χ1n) is 7.34. The van der Waals surface area contributed by atoms with Crippen molar-refractivity contribution in [3.63, 3.8) is 0 Å². The van der Waals surface area contributed by atoms with E-state index in [2.05, 4.69) is 9.71 Å². The summed E-state index contributed by atoms with van der Waals surface area (Å²) < 4.78 is 32.0. The lowest BCUT2D eigenvalue weighted by molar-refractivity contribution is 0.188. The number of aromatic amines is 1. The number of ether oxygens (including phenoxy) is 1. The van der Waals surface area contributed by atoms with Crippen molar-refractivity contribution in [2.45, 2.75) is 12.8 Å². The van der Waals surface area contributed by atoms with Gasteiger partial charge in [-0.05, 0) is 42.5 Å². The smallest absolute Gasteiger partial charge is 0.211 e. The van der Waals surface area contributed by atoms with Crippen LogP contribution >= 0.6 is 11.6 Å². The predicted molar refractivity (Wildman–Crippen MR) is 87.7 cm³/mol. The standard InChI is InChI=1S/C15H19ClN2O3S/c16-13-1-2-15-14(7-13)12(8-17-15)3-5-18-22(19,20)10-11-4-6-21-9-11/h1-2,7-8,11,17-18H,3-6,9-10H2/t11-/m1/s1. The molecule has 1 aliphatic heterocycles. The summed E-state index contributed by atoms with van der Waals surface area (Å²) in [6.45, 7) is 1.59. The molecule has 1 atom stereocenters. The number of sulfonamides is 1. The van der Waals surface area contributed by atoms with E-state index in [-0.39, 0.29) is 11.7 Å². The Morgan fingerprint density at radius 1 is 1.41 bits per heavy atom. The first kappa shape index (κ1) is 15.8. The minimum atomic E-state index is -3.25. The lowest BCUT2D eigenvalue weighted by Gasteiger charge is -2.10. The molecule has 0 radical (unpaired) electrons. The number of nitrogens with one attached hydrogen (secondary N) is 2. The van der Waals surface area contributed by atoms with Crippen LogP contribution in [0.3, 0.4) is 0 Å². The van der Waals surface area contributed by atoms with Crippen molar-refractivity contribution in [1.82, 2.24) is 9.71 Å². The molecule has 0 amide bonds. The zero-order valence-electron chi connectivity index (χ0n) is 12.1. The Labute approximate surface area is 135 Å². The fraction of sp³-hybridized carbons (Fsp3) is 0.467. The van der Waals surface area contributed by atoms with Crippen LogP contribution < -0.4 is 4.72 Å². The molecule has 1 aromatic carbocycles. The van der Waals surface area contributed by atoms with Crippen molar-refractivity contribution in [3.05, 3.63) is 35.0 Å².